The SMILES string of the molecule is [2H]C(C)(C)c1cc(-n2c(-c3ccccc3O)nc3c(-c4cc(-c5cc(-c6ccc(C)cc6)ccn5)cc(C(C)(C)C)c4)cccc32)ccc1-c1ccccc1C(C)(C)C. The highest BCUT2D eigenvalue weighted by Gasteiger charge is 2.25. The zero-order valence-corrected chi connectivity index (χ0v) is 35.1. The number of nitrogens with zero attached hydrogens (tertiary/aromatic N) is 3. The fraction of sp³-hybridized carbons (Fsp3) is 0.222. The first-order valence-electron chi connectivity index (χ1n) is 20.7. The standard InChI is InChI=1S/C54H53N3O/c1-34(2)46-33-41(25-26-43(46)44-15-10-12-18-47(44)54(7,8)9)57-49-19-14-17-42(51(49)56-52(57)45-16-11-13-20-50(45)58)38-29-39(31-40(30-38)53(4,5)6)48-32-37(27-28-55-48)36-23-21-35(3)22-24-36/h10-34,58H,1-9H3/i34D. The van der Waals surface area contributed by atoms with Crippen molar-refractivity contribution in [3.05, 3.63) is 168 Å². The minimum absolute atomic E-state index is 0.0855. The molecule has 1 N–H and O–H groups in total. The van der Waals surface area contributed by atoms with E-state index in [0.29, 0.717) is 11.4 Å². The summed E-state index contributed by atoms with van der Waals surface area (Å²) in [6, 6.07) is 48.3. The molecule has 290 valence electrons. The van der Waals surface area contributed by atoms with Crippen LogP contribution in [0, 0.1) is 6.92 Å². The lowest BCUT2D eigenvalue weighted by molar-refractivity contribution is 0.477. The number of aromatic nitrogens is 3. The van der Waals surface area contributed by atoms with Crippen LogP contribution in [0.15, 0.2) is 146 Å². The van der Waals surface area contributed by atoms with Crippen LogP contribution in [-0.4, -0.2) is 19.6 Å². The fourth-order valence-electron chi connectivity index (χ4n) is 8.01. The number of benzene rings is 6. The van der Waals surface area contributed by atoms with E-state index < -0.39 is 5.89 Å². The van der Waals surface area contributed by atoms with Crippen LogP contribution in [0.4, 0.5) is 0 Å². The fourth-order valence-corrected chi connectivity index (χ4v) is 8.01. The van der Waals surface area contributed by atoms with E-state index in [9.17, 15) is 6.48 Å². The van der Waals surface area contributed by atoms with Gasteiger partial charge in [0.1, 0.15) is 11.6 Å². The number of imidazole rings is 1. The lowest BCUT2D eigenvalue weighted by Crippen LogP contribution is -2.13. The van der Waals surface area contributed by atoms with Gasteiger partial charge in [0, 0.05) is 24.4 Å². The normalized spacial score (nSPS) is 12.5. The lowest BCUT2D eigenvalue weighted by atomic mass is 9.80. The second kappa shape index (κ2) is 14.9. The third-order valence-corrected chi connectivity index (χ3v) is 11.2. The van der Waals surface area contributed by atoms with Crippen LogP contribution in [0.3, 0.4) is 0 Å². The van der Waals surface area contributed by atoms with Crippen LogP contribution in [-0.2, 0) is 10.8 Å². The molecule has 4 heteroatoms. The topological polar surface area (TPSA) is 50.9 Å². The van der Waals surface area contributed by atoms with E-state index in [4.69, 9.17) is 9.97 Å². The molecule has 4 nitrogen and oxygen atoms in total. The van der Waals surface area contributed by atoms with Crippen molar-refractivity contribution in [2.24, 2.45) is 0 Å². The number of fused-ring (bicyclic) bond motifs is 1. The third-order valence-electron chi connectivity index (χ3n) is 11.2. The van der Waals surface area contributed by atoms with Crippen LogP contribution < -0.4 is 0 Å². The third kappa shape index (κ3) is 7.36. The van der Waals surface area contributed by atoms with Crippen molar-refractivity contribution >= 4 is 11.0 Å². The van der Waals surface area contributed by atoms with Crippen molar-refractivity contribution in [2.45, 2.75) is 79.0 Å². The molecule has 8 rings (SSSR count). The Morgan fingerprint density at radius 2 is 1.29 bits per heavy atom. The van der Waals surface area contributed by atoms with Gasteiger partial charge in [-0.2, -0.15) is 0 Å². The van der Waals surface area contributed by atoms with E-state index >= 15 is 0 Å². The summed E-state index contributed by atoms with van der Waals surface area (Å²) in [5.41, 5.74) is 16.0. The molecule has 0 saturated carbocycles. The Balaban J connectivity index is 1.36. The van der Waals surface area contributed by atoms with Crippen LogP contribution >= 0.6 is 0 Å². The molecular formula is C54H53N3O. The highest BCUT2D eigenvalue weighted by atomic mass is 16.3. The molecule has 6 aromatic carbocycles. The minimum atomic E-state index is -0.915. The van der Waals surface area contributed by atoms with E-state index in [2.05, 4.69) is 168 Å². The molecule has 0 spiro atoms. The summed E-state index contributed by atoms with van der Waals surface area (Å²) in [7, 11) is 0. The van der Waals surface area contributed by atoms with Gasteiger partial charge in [0.15, 0.2) is 0 Å². The van der Waals surface area contributed by atoms with Crippen molar-refractivity contribution in [1.29, 1.82) is 0 Å². The van der Waals surface area contributed by atoms with Gasteiger partial charge in [-0.25, -0.2) is 4.98 Å². The number of aryl methyl sites for hydroxylation is 1. The summed E-state index contributed by atoms with van der Waals surface area (Å²) in [5.74, 6) is -0.137. The minimum Gasteiger partial charge on any atom is -0.507 e. The molecule has 0 aliphatic heterocycles. The van der Waals surface area contributed by atoms with E-state index in [1.165, 1.54) is 16.7 Å². The van der Waals surface area contributed by atoms with Gasteiger partial charge >= 0.3 is 0 Å². The monoisotopic (exact) mass is 760 g/mol. The first kappa shape index (κ1) is 37.3. The maximum absolute atomic E-state index is 11.3. The zero-order chi connectivity index (χ0) is 41.9. The largest absolute Gasteiger partial charge is 0.507 e. The molecule has 0 bridgehead atoms. The first-order chi connectivity index (χ1) is 28.0. The maximum Gasteiger partial charge on any atom is 0.149 e. The number of para-hydroxylation sites is 2. The van der Waals surface area contributed by atoms with Gasteiger partial charge in [0.2, 0.25) is 0 Å². The van der Waals surface area contributed by atoms with E-state index in [1.54, 1.807) is 6.07 Å². The van der Waals surface area contributed by atoms with Gasteiger partial charge in [0.25, 0.3) is 0 Å². The van der Waals surface area contributed by atoms with Gasteiger partial charge < -0.3 is 5.11 Å². The predicted octanol–water partition coefficient (Wildman–Crippen LogP) is 14.5. The average Bonchev–Trinajstić information content (AvgIpc) is 3.59. The van der Waals surface area contributed by atoms with Crippen molar-refractivity contribution in [1.82, 2.24) is 14.5 Å². The second-order valence-corrected chi connectivity index (χ2v) is 17.8. The van der Waals surface area contributed by atoms with Crippen LogP contribution in [0.5, 0.6) is 5.75 Å². The second-order valence-electron chi connectivity index (χ2n) is 17.8. The Bertz CT molecular complexity index is 2850. The Labute approximate surface area is 345 Å². The molecule has 2 heterocycles. The summed E-state index contributed by atoms with van der Waals surface area (Å²) in [5, 5.41) is 11.3. The molecule has 2 aromatic heterocycles. The zero-order valence-electron chi connectivity index (χ0n) is 36.1. The Morgan fingerprint density at radius 1 is 0.603 bits per heavy atom. The summed E-state index contributed by atoms with van der Waals surface area (Å²) in [6.45, 7) is 19.4. The van der Waals surface area contributed by atoms with E-state index in [-0.39, 0.29) is 16.6 Å². The number of hydrogen-bond donors (Lipinski definition) is 1. The maximum atomic E-state index is 11.3. The van der Waals surface area contributed by atoms with Crippen LogP contribution in [0.2, 0.25) is 0 Å². The van der Waals surface area contributed by atoms with Crippen LogP contribution in [0.1, 0.15) is 84.9 Å². The molecule has 0 unspecified atom stereocenters. The quantitative estimate of drug-likeness (QED) is 0.176. The van der Waals surface area contributed by atoms with Crippen molar-refractivity contribution in [3.63, 3.8) is 0 Å². The average molecular weight is 761 g/mol. The number of pyridine rings is 1. The molecule has 0 radical (unpaired) electrons. The Kier molecular flexibility index (Phi) is 9.60. The number of phenols is 1. The summed E-state index contributed by atoms with van der Waals surface area (Å²) < 4.78 is 11.6. The first-order valence-corrected chi connectivity index (χ1v) is 20.2. The molecule has 0 atom stereocenters. The van der Waals surface area contributed by atoms with Gasteiger partial charge in [-0.1, -0.05) is 146 Å². The number of phenolic OH excluding ortho intramolecular Hbond substituents is 1. The molecular weight excluding hydrogens is 707 g/mol. The summed E-state index contributed by atoms with van der Waals surface area (Å²) >= 11 is 0. The number of aromatic hydroxyl groups is 1. The van der Waals surface area contributed by atoms with Crippen molar-refractivity contribution in [2.75, 3.05) is 0 Å². The van der Waals surface area contributed by atoms with Crippen molar-refractivity contribution in [3.8, 4) is 67.5 Å². The van der Waals surface area contributed by atoms with Crippen molar-refractivity contribution < 1.29 is 6.48 Å². The predicted molar refractivity (Wildman–Crippen MR) is 244 cm³/mol. The lowest BCUT2D eigenvalue weighted by Gasteiger charge is -2.25. The summed E-state index contributed by atoms with van der Waals surface area (Å²) in [4.78, 5) is 10.3. The molecule has 8 aromatic rings. The smallest absolute Gasteiger partial charge is 0.149 e. The molecule has 0 aliphatic carbocycles. The highest BCUT2D eigenvalue weighted by Crippen LogP contribution is 2.42. The molecule has 0 saturated heterocycles. The van der Waals surface area contributed by atoms with Gasteiger partial charge in [-0.3, -0.25) is 9.55 Å². The van der Waals surface area contributed by atoms with Crippen LogP contribution in [0.25, 0.3) is 72.7 Å². The Morgan fingerprint density at radius 3 is 2.00 bits per heavy atom. The molecule has 0 amide bonds. The van der Waals surface area contributed by atoms with Gasteiger partial charge in [0.05, 0.1) is 22.3 Å². The van der Waals surface area contributed by atoms with E-state index in [0.717, 1.165) is 66.9 Å². The van der Waals surface area contributed by atoms with Gasteiger partial charge in [-0.05, 0) is 123 Å². The molecule has 58 heavy (non-hydrogen) atoms. The highest BCUT2D eigenvalue weighted by molar-refractivity contribution is 5.97. The summed E-state index contributed by atoms with van der Waals surface area (Å²) in [6.07, 6.45) is 1.90. The molecule has 0 fully saturated rings. The van der Waals surface area contributed by atoms with Gasteiger partial charge in [-0.15, -0.1) is 0 Å². The number of rotatable bonds is 7. The van der Waals surface area contributed by atoms with E-state index in [1.807, 2.05) is 38.2 Å². The Hall–Kier alpha value is -6.26. The number of hydrogen-bond acceptors (Lipinski definition) is 3. The molecule has 0 aliphatic rings.